The molecule has 0 atom stereocenters. The number of unbranched alkanes of at least 4 members (excludes halogenated alkanes) is 1. The lowest BCUT2D eigenvalue weighted by atomic mass is 9.86. The SMILES string of the molecule is CC(C)(C)c1ccc(-c2nc(NC3CCC(NCc4ccccc4)CC3)n3[nH]c(=O)cc3n2)cc1.CC(C)(C)c1ccc(-c2nc(NCCCn3ccnc3)n3[nH]c(=O)cc3n2)cc1.Cc1cc(OCCCCc2nc(-c3ccc(C(C)(C)C)cc3)nc3c(F)c(=O)[nH]n23)ccc1Cl.Cc1ncc(CN2CCC(Nc3nc(-c4ccc(C(C)(C)C)cc4)nc4cc(=O)[nH]n34)CC2)[nH]1. The standard InChI is InChI=1S/C28H34N6O.C26H28ClFN4O2.C25H32N8O.C21H25N7O/c1-28(2,3)21-11-9-20(10-12-21)26-31-24-17-25(35)33-34(24)27(32-26)30-23-15-13-22(14-16-23)29-18-19-7-5-4-6-8-19;1-16-15-19(12-13-20(16)27)34-14-6-5-7-21-29-23(30-24-22(28)25(33)31-32(21)24)17-8-10-18(11-9-17)26(2,3)4;1-16-26-14-20(27-16)15-32-11-9-19(10-12-32)28-24-30-23(29-21-13-22(34)31-33(21)24)17-5-7-18(8-6-17)25(2,3)4;1-21(2,3)16-7-5-15(6-8-16)19-24-17-13-18(29)26-28(17)20(25-19)23-9-4-11-27-12-10-22-14-27/h4-12,17,22-23,29H,13-16,18H2,1-3H3,(H,33,35)(H,30,31,32);8-13,15H,5-7,14H2,1-4H3,(H,31,33);5-8,13-14,19H,9-12,15H2,1-4H3,(H,26,27)(H,31,34)(H,28,29,30);5-8,10,12-14H,4,9,11H2,1-3H3,(H,26,29)(H,23,24,25). The molecule has 688 valence electrons. The van der Waals surface area contributed by atoms with Gasteiger partial charge in [0, 0.05) is 134 Å². The first kappa shape index (κ1) is 93.2. The second-order valence-corrected chi connectivity index (χ2v) is 38.7. The lowest BCUT2D eigenvalue weighted by Crippen LogP contribution is -2.39. The summed E-state index contributed by atoms with van der Waals surface area (Å²) in [6.45, 7) is 35.9. The van der Waals surface area contributed by atoms with Gasteiger partial charge in [-0.15, -0.1) is 0 Å². The van der Waals surface area contributed by atoms with Crippen LogP contribution in [0.25, 0.3) is 68.1 Å². The van der Waals surface area contributed by atoms with Crippen LogP contribution in [0.4, 0.5) is 22.2 Å². The van der Waals surface area contributed by atoms with Crippen LogP contribution in [-0.2, 0) is 47.7 Å². The van der Waals surface area contributed by atoms with Gasteiger partial charge in [0.2, 0.25) is 23.7 Å². The molecule has 30 nitrogen and oxygen atoms in total. The summed E-state index contributed by atoms with van der Waals surface area (Å²) in [5.74, 6) is 5.37. The molecule has 0 bridgehead atoms. The average Bonchev–Trinajstić information content (AvgIpc) is 1.63. The van der Waals surface area contributed by atoms with Crippen molar-refractivity contribution in [1.82, 2.24) is 108 Å². The number of fused-ring (bicyclic) bond motifs is 4. The van der Waals surface area contributed by atoms with Crippen molar-refractivity contribution in [2.75, 3.05) is 42.2 Å². The van der Waals surface area contributed by atoms with Crippen LogP contribution in [-0.4, -0.2) is 147 Å². The van der Waals surface area contributed by atoms with E-state index in [-0.39, 0.29) is 50.0 Å². The zero-order valence-corrected chi connectivity index (χ0v) is 78.4. The van der Waals surface area contributed by atoms with Gasteiger partial charge >= 0.3 is 5.56 Å². The van der Waals surface area contributed by atoms with Crippen LogP contribution in [0, 0.1) is 19.7 Å². The maximum Gasteiger partial charge on any atom is 0.302 e. The number of H-pyrrole nitrogens is 5. The van der Waals surface area contributed by atoms with Gasteiger partial charge in [-0.3, -0.25) is 44.5 Å². The molecular weight excluding hydrogens is 1690 g/mol. The fraction of sp³-hybridized carbons (Fsp3) is 0.380. The number of anilines is 3. The largest absolute Gasteiger partial charge is 0.494 e. The summed E-state index contributed by atoms with van der Waals surface area (Å²) in [5.41, 5.74) is 12.4. The molecule has 9 N–H and O–H groups in total. The second kappa shape index (κ2) is 40.5. The summed E-state index contributed by atoms with van der Waals surface area (Å²) in [6, 6.07) is 54.6. The molecule has 16 aromatic rings. The third kappa shape index (κ3) is 23.8. The first-order valence-electron chi connectivity index (χ1n) is 45.3. The fourth-order valence-corrected chi connectivity index (χ4v) is 16.2. The third-order valence-corrected chi connectivity index (χ3v) is 24.2. The van der Waals surface area contributed by atoms with Gasteiger partial charge in [0.25, 0.3) is 16.7 Å². The molecule has 0 amide bonds. The van der Waals surface area contributed by atoms with E-state index in [1.165, 1.54) is 50.5 Å². The smallest absolute Gasteiger partial charge is 0.302 e. The summed E-state index contributed by atoms with van der Waals surface area (Å²) in [4.78, 5) is 99.1. The Hall–Kier alpha value is -13.5. The highest BCUT2D eigenvalue weighted by atomic mass is 35.5. The Morgan fingerprint density at radius 2 is 0.970 bits per heavy atom. The zero-order valence-electron chi connectivity index (χ0n) is 77.6. The highest BCUT2D eigenvalue weighted by molar-refractivity contribution is 6.31. The minimum absolute atomic E-state index is 0.0152. The van der Waals surface area contributed by atoms with Gasteiger partial charge in [0.15, 0.2) is 45.9 Å². The number of hydrogen-bond donors (Lipinski definition) is 9. The molecule has 2 aliphatic rings. The van der Waals surface area contributed by atoms with Crippen molar-refractivity contribution in [2.24, 2.45) is 0 Å². The van der Waals surface area contributed by atoms with Crippen molar-refractivity contribution in [1.29, 1.82) is 0 Å². The molecular formula is C100H119ClFN25O5. The number of halogens is 2. The monoisotopic (exact) mass is 1800 g/mol. The first-order chi connectivity index (χ1) is 63.1. The Morgan fingerprint density at radius 3 is 1.43 bits per heavy atom. The molecule has 2 fully saturated rings. The molecule has 0 radical (unpaired) electrons. The highest BCUT2D eigenvalue weighted by Crippen LogP contribution is 2.33. The maximum atomic E-state index is 14.5. The van der Waals surface area contributed by atoms with Crippen LogP contribution < -0.4 is 48.2 Å². The lowest BCUT2D eigenvalue weighted by molar-refractivity contribution is 0.209. The van der Waals surface area contributed by atoms with Gasteiger partial charge in [0.05, 0.1) is 12.9 Å². The normalized spacial score (nSPS) is 14.6. The minimum atomic E-state index is -0.905. The molecule has 11 heterocycles. The average molecular weight is 1810 g/mol. The summed E-state index contributed by atoms with van der Waals surface area (Å²) in [6.07, 6.45) is 16.6. The number of rotatable bonds is 24. The van der Waals surface area contributed by atoms with E-state index >= 15 is 0 Å². The van der Waals surface area contributed by atoms with E-state index in [0.717, 1.165) is 136 Å². The van der Waals surface area contributed by atoms with Crippen LogP contribution in [0.15, 0.2) is 208 Å². The molecule has 1 saturated heterocycles. The van der Waals surface area contributed by atoms with Gasteiger partial charge in [-0.25, -0.2) is 52.9 Å². The number of nitrogens with one attached hydrogen (secondary N) is 9. The first-order valence-corrected chi connectivity index (χ1v) is 45.7. The van der Waals surface area contributed by atoms with Crippen molar-refractivity contribution in [2.45, 2.75) is 221 Å². The van der Waals surface area contributed by atoms with E-state index in [1.54, 1.807) is 26.1 Å². The molecule has 132 heavy (non-hydrogen) atoms. The number of hydrogen-bond acceptors (Lipinski definition) is 20. The summed E-state index contributed by atoms with van der Waals surface area (Å²) in [7, 11) is 0. The maximum absolute atomic E-state index is 14.5. The molecule has 10 aromatic heterocycles. The Balaban J connectivity index is 0.000000135. The quantitative estimate of drug-likeness (QED) is 0.0254. The Labute approximate surface area is 770 Å². The van der Waals surface area contributed by atoms with Gasteiger partial charge in [-0.2, -0.15) is 19.3 Å². The van der Waals surface area contributed by atoms with E-state index in [1.807, 2.05) is 85.4 Å². The van der Waals surface area contributed by atoms with E-state index in [0.29, 0.717) is 101 Å². The van der Waals surface area contributed by atoms with E-state index in [9.17, 15) is 23.6 Å². The van der Waals surface area contributed by atoms with Crippen LogP contribution in [0.1, 0.15) is 192 Å². The van der Waals surface area contributed by atoms with Crippen LogP contribution in [0.5, 0.6) is 5.75 Å². The Morgan fingerprint density at radius 1 is 0.500 bits per heavy atom. The van der Waals surface area contributed by atoms with Crippen LogP contribution in [0.3, 0.4) is 0 Å². The summed E-state index contributed by atoms with van der Waals surface area (Å²) < 4.78 is 28.5. The molecule has 1 aliphatic heterocycles. The number of ether oxygens (including phenoxy) is 1. The molecule has 0 unspecified atom stereocenters. The van der Waals surface area contributed by atoms with Crippen LogP contribution >= 0.6 is 11.6 Å². The van der Waals surface area contributed by atoms with E-state index < -0.39 is 11.4 Å². The van der Waals surface area contributed by atoms with Crippen molar-refractivity contribution >= 4 is 52.0 Å². The molecule has 1 saturated carbocycles. The topological polar surface area (TPSA) is 359 Å². The number of aromatic amines is 5. The number of likely N-dealkylation sites (tertiary alicyclic amines) is 1. The fourth-order valence-electron chi connectivity index (χ4n) is 16.0. The van der Waals surface area contributed by atoms with Gasteiger partial charge in [-0.05, 0) is 145 Å². The van der Waals surface area contributed by atoms with Gasteiger partial charge in [-0.1, -0.05) is 222 Å². The molecule has 18 rings (SSSR count). The Bertz CT molecular complexity index is 6830. The molecule has 0 spiro atoms. The predicted octanol–water partition coefficient (Wildman–Crippen LogP) is 17.4. The van der Waals surface area contributed by atoms with Crippen molar-refractivity contribution in [3.63, 3.8) is 0 Å². The molecule has 1 aliphatic carbocycles. The molecule has 32 heteroatoms. The van der Waals surface area contributed by atoms with E-state index in [2.05, 4.69) is 265 Å². The van der Waals surface area contributed by atoms with Gasteiger partial charge < -0.3 is 35.6 Å². The highest BCUT2D eigenvalue weighted by Gasteiger charge is 2.28. The number of imidazole rings is 2. The summed E-state index contributed by atoms with van der Waals surface area (Å²) >= 11 is 6.06. The number of nitrogens with zero attached hydrogens (tertiary/aromatic N) is 16. The number of aromatic nitrogens is 20. The number of aryl methyl sites for hydroxylation is 4. The van der Waals surface area contributed by atoms with Crippen molar-refractivity contribution in [3.8, 4) is 51.3 Å². The third-order valence-electron chi connectivity index (χ3n) is 23.8. The molecule has 6 aromatic carbocycles. The zero-order chi connectivity index (χ0) is 93.2. The second-order valence-electron chi connectivity index (χ2n) is 38.3. The van der Waals surface area contributed by atoms with Gasteiger partial charge in [0.1, 0.15) is 17.4 Å². The lowest BCUT2D eigenvalue weighted by Gasteiger charge is -2.32. The van der Waals surface area contributed by atoms with Crippen LogP contribution in [0.2, 0.25) is 5.02 Å². The predicted molar refractivity (Wildman–Crippen MR) is 519 cm³/mol. The summed E-state index contributed by atoms with van der Waals surface area (Å²) in [5, 5.41) is 25.8. The number of piperidine rings is 1. The minimum Gasteiger partial charge on any atom is -0.494 e. The van der Waals surface area contributed by atoms with Crippen molar-refractivity contribution < 1.29 is 9.13 Å². The van der Waals surface area contributed by atoms with Crippen molar-refractivity contribution in [3.05, 3.63) is 292 Å². The number of benzene rings is 6. The van der Waals surface area contributed by atoms with E-state index in [4.69, 9.17) is 26.3 Å². The Kier molecular flexibility index (Phi) is 28.6.